The fourth-order valence-corrected chi connectivity index (χ4v) is 2.78. The molecule has 3 rings (SSSR count). The summed E-state index contributed by atoms with van der Waals surface area (Å²) >= 11 is 3.25. The van der Waals surface area contributed by atoms with Crippen LogP contribution < -0.4 is 19.6 Å². The lowest BCUT2D eigenvalue weighted by Crippen LogP contribution is -2.42. The highest BCUT2D eigenvalue weighted by molar-refractivity contribution is 9.10. The van der Waals surface area contributed by atoms with Gasteiger partial charge in [-0.3, -0.25) is 4.79 Å². The SMILES string of the molecule is CCOc1cc(/C=N/NC(=O)[C@@H]2COc3ccccc3O2)cc(Br)c1O. The van der Waals surface area contributed by atoms with Crippen LogP contribution >= 0.6 is 15.9 Å². The minimum absolute atomic E-state index is 0.0134. The first-order valence-corrected chi connectivity index (χ1v) is 8.74. The van der Waals surface area contributed by atoms with Crippen molar-refractivity contribution in [1.82, 2.24) is 5.43 Å². The molecule has 136 valence electrons. The molecule has 0 bridgehead atoms. The van der Waals surface area contributed by atoms with Crippen LogP contribution in [-0.2, 0) is 4.79 Å². The fraction of sp³-hybridized carbons (Fsp3) is 0.222. The number of rotatable bonds is 5. The molecule has 1 heterocycles. The second kappa shape index (κ2) is 8.09. The van der Waals surface area contributed by atoms with Crippen molar-refractivity contribution < 1.29 is 24.1 Å². The van der Waals surface area contributed by atoms with E-state index in [0.717, 1.165) is 0 Å². The number of fused-ring (bicyclic) bond motifs is 1. The Kier molecular flexibility index (Phi) is 5.62. The molecule has 1 atom stereocenters. The largest absolute Gasteiger partial charge is 0.503 e. The van der Waals surface area contributed by atoms with Crippen LogP contribution in [0.15, 0.2) is 46.0 Å². The van der Waals surface area contributed by atoms with Gasteiger partial charge in [0.15, 0.2) is 23.0 Å². The summed E-state index contributed by atoms with van der Waals surface area (Å²) in [7, 11) is 0. The lowest BCUT2D eigenvalue weighted by molar-refractivity contribution is -0.130. The summed E-state index contributed by atoms with van der Waals surface area (Å²) in [4.78, 5) is 12.2. The second-order valence-corrected chi connectivity index (χ2v) is 6.24. The van der Waals surface area contributed by atoms with Gasteiger partial charge in [0.1, 0.15) is 6.61 Å². The molecule has 0 aliphatic carbocycles. The number of carbonyl (C=O) groups excluding carboxylic acids is 1. The van der Waals surface area contributed by atoms with E-state index in [-0.39, 0.29) is 12.4 Å². The van der Waals surface area contributed by atoms with E-state index >= 15 is 0 Å². The number of phenolic OH excluding ortho intramolecular Hbond substituents is 1. The van der Waals surface area contributed by atoms with E-state index in [0.29, 0.717) is 33.9 Å². The highest BCUT2D eigenvalue weighted by Gasteiger charge is 2.26. The molecule has 8 heteroatoms. The van der Waals surface area contributed by atoms with Crippen molar-refractivity contribution in [3.63, 3.8) is 0 Å². The Morgan fingerprint density at radius 3 is 2.96 bits per heavy atom. The highest BCUT2D eigenvalue weighted by atomic mass is 79.9. The van der Waals surface area contributed by atoms with E-state index in [4.69, 9.17) is 14.2 Å². The zero-order valence-corrected chi connectivity index (χ0v) is 15.5. The first kappa shape index (κ1) is 18.1. The number of carbonyl (C=O) groups is 1. The maximum atomic E-state index is 12.2. The summed E-state index contributed by atoms with van der Waals surface area (Å²) in [5.74, 6) is 1.05. The monoisotopic (exact) mass is 420 g/mol. The number of phenols is 1. The summed E-state index contributed by atoms with van der Waals surface area (Å²) in [6, 6.07) is 10.4. The Balaban J connectivity index is 1.63. The van der Waals surface area contributed by atoms with E-state index in [1.54, 1.807) is 30.3 Å². The van der Waals surface area contributed by atoms with Gasteiger partial charge in [-0.05, 0) is 52.7 Å². The number of hydrogen-bond donors (Lipinski definition) is 2. The van der Waals surface area contributed by atoms with Crippen molar-refractivity contribution in [1.29, 1.82) is 0 Å². The highest BCUT2D eigenvalue weighted by Crippen LogP contribution is 2.35. The molecule has 0 radical (unpaired) electrons. The van der Waals surface area contributed by atoms with E-state index in [1.807, 2.05) is 13.0 Å². The van der Waals surface area contributed by atoms with Crippen LogP contribution in [0.1, 0.15) is 12.5 Å². The van der Waals surface area contributed by atoms with Gasteiger partial charge in [0.2, 0.25) is 6.10 Å². The maximum absolute atomic E-state index is 12.2. The molecule has 0 aromatic heterocycles. The Bertz CT molecular complexity index is 840. The zero-order chi connectivity index (χ0) is 18.5. The molecule has 2 aromatic rings. The van der Waals surface area contributed by atoms with E-state index < -0.39 is 12.0 Å². The van der Waals surface area contributed by atoms with Gasteiger partial charge < -0.3 is 19.3 Å². The molecule has 0 saturated heterocycles. The minimum Gasteiger partial charge on any atom is -0.503 e. The van der Waals surface area contributed by atoms with Crippen LogP contribution in [0.5, 0.6) is 23.0 Å². The Labute approximate surface area is 158 Å². The number of benzene rings is 2. The molecule has 1 aliphatic rings. The Morgan fingerprint density at radius 2 is 2.19 bits per heavy atom. The number of ether oxygens (including phenoxy) is 3. The standard InChI is InChI=1S/C18H17BrN2O5/c1-2-24-15-8-11(7-12(19)17(15)22)9-20-21-18(23)16-10-25-13-5-3-4-6-14(13)26-16/h3-9,16,22H,2,10H2,1H3,(H,21,23)/b20-9+/t16-/m0/s1. The molecule has 0 spiro atoms. The molecule has 0 unspecified atom stereocenters. The van der Waals surface area contributed by atoms with Crippen LogP contribution in [0, 0.1) is 0 Å². The predicted octanol–water partition coefficient (Wildman–Crippen LogP) is 2.84. The first-order chi connectivity index (χ1) is 12.6. The molecule has 2 N–H and O–H groups in total. The number of amides is 1. The van der Waals surface area contributed by atoms with Crippen LogP contribution in [0.4, 0.5) is 0 Å². The normalized spacial score (nSPS) is 15.7. The van der Waals surface area contributed by atoms with Crippen molar-refractivity contribution in [2.45, 2.75) is 13.0 Å². The average molecular weight is 421 g/mol. The minimum atomic E-state index is -0.785. The van der Waals surface area contributed by atoms with Gasteiger partial charge in [0.25, 0.3) is 5.91 Å². The van der Waals surface area contributed by atoms with Crippen LogP contribution in [0.2, 0.25) is 0 Å². The summed E-state index contributed by atoms with van der Waals surface area (Å²) in [5, 5.41) is 13.8. The number of hydrazone groups is 1. The third-order valence-corrected chi connectivity index (χ3v) is 4.14. The van der Waals surface area contributed by atoms with Gasteiger partial charge in [-0.15, -0.1) is 0 Å². The third-order valence-electron chi connectivity index (χ3n) is 3.54. The molecular formula is C18H17BrN2O5. The van der Waals surface area contributed by atoms with E-state index in [2.05, 4.69) is 26.5 Å². The van der Waals surface area contributed by atoms with Gasteiger partial charge in [0, 0.05) is 0 Å². The number of halogens is 1. The van der Waals surface area contributed by atoms with E-state index in [9.17, 15) is 9.90 Å². The summed E-state index contributed by atoms with van der Waals surface area (Å²) in [6.45, 7) is 2.34. The quantitative estimate of drug-likeness (QED) is 0.573. The van der Waals surface area contributed by atoms with Gasteiger partial charge in [-0.1, -0.05) is 12.1 Å². The van der Waals surface area contributed by atoms with Crippen molar-refractivity contribution in [2.24, 2.45) is 5.10 Å². The average Bonchev–Trinajstić information content (AvgIpc) is 2.65. The first-order valence-electron chi connectivity index (χ1n) is 7.95. The molecule has 1 amide bonds. The summed E-state index contributed by atoms with van der Waals surface area (Å²) in [6.07, 6.45) is 0.662. The Morgan fingerprint density at radius 1 is 1.42 bits per heavy atom. The van der Waals surface area contributed by atoms with Crippen molar-refractivity contribution in [2.75, 3.05) is 13.2 Å². The predicted molar refractivity (Wildman–Crippen MR) is 99.1 cm³/mol. The second-order valence-electron chi connectivity index (χ2n) is 5.38. The van der Waals surface area contributed by atoms with Crippen LogP contribution in [0.3, 0.4) is 0 Å². The molecule has 0 fully saturated rings. The molecule has 1 aliphatic heterocycles. The zero-order valence-electron chi connectivity index (χ0n) is 13.9. The number of hydrogen-bond acceptors (Lipinski definition) is 6. The fourth-order valence-electron chi connectivity index (χ4n) is 2.33. The molecular weight excluding hydrogens is 404 g/mol. The topological polar surface area (TPSA) is 89.4 Å². The lowest BCUT2D eigenvalue weighted by Gasteiger charge is -2.24. The van der Waals surface area contributed by atoms with Crippen LogP contribution in [-0.4, -0.2) is 36.5 Å². The number of nitrogens with one attached hydrogen (secondary N) is 1. The maximum Gasteiger partial charge on any atom is 0.284 e. The summed E-state index contributed by atoms with van der Waals surface area (Å²) in [5.41, 5.74) is 3.07. The van der Waals surface area contributed by atoms with Crippen molar-refractivity contribution in [3.05, 3.63) is 46.4 Å². The summed E-state index contributed by atoms with van der Waals surface area (Å²) < 4.78 is 16.9. The van der Waals surface area contributed by atoms with Gasteiger partial charge in [-0.2, -0.15) is 5.10 Å². The molecule has 0 saturated carbocycles. The molecule has 26 heavy (non-hydrogen) atoms. The van der Waals surface area contributed by atoms with Gasteiger partial charge >= 0.3 is 0 Å². The van der Waals surface area contributed by atoms with Gasteiger partial charge in [-0.25, -0.2) is 5.43 Å². The molecule has 2 aromatic carbocycles. The van der Waals surface area contributed by atoms with E-state index in [1.165, 1.54) is 6.21 Å². The van der Waals surface area contributed by atoms with Crippen molar-refractivity contribution >= 4 is 28.1 Å². The molecule has 7 nitrogen and oxygen atoms in total. The van der Waals surface area contributed by atoms with Crippen molar-refractivity contribution in [3.8, 4) is 23.0 Å². The smallest absolute Gasteiger partial charge is 0.284 e. The Hall–Kier alpha value is -2.74. The third kappa shape index (κ3) is 4.08. The van der Waals surface area contributed by atoms with Crippen LogP contribution in [0.25, 0.3) is 0 Å². The lowest BCUT2D eigenvalue weighted by atomic mass is 10.2. The number of aromatic hydroxyl groups is 1. The number of para-hydroxylation sites is 2. The van der Waals surface area contributed by atoms with Gasteiger partial charge in [0.05, 0.1) is 17.3 Å². The number of nitrogens with zero attached hydrogens (tertiary/aromatic N) is 1.